The Hall–Kier alpha value is -2.18. The fourth-order valence-corrected chi connectivity index (χ4v) is 2.30. The van der Waals surface area contributed by atoms with Crippen LogP contribution in [-0.4, -0.2) is 38.3 Å². The molecule has 0 aliphatic heterocycles. The minimum Gasteiger partial charge on any atom is -0.373 e. The van der Waals surface area contributed by atoms with Gasteiger partial charge >= 0.3 is 0 Å². The highest BCUT2D eigenvalue weighted by molar-refractivity contribution is 5.57. The van der Waals surface area contributed by atoms with E-state index in [4.69, 9.17) is 0 Å². The topological polar surface area (TPSA) is 80.6 Å². The van der Waals surface area contributed by atoms with Gasteiger partial charge in [0.05, 0.1) is 0 Å². The van der Waals surface area contributed by atoms with Crippen LogP contribution in [0.2, 0.25) is 0 Å². The summed E-state index contributed by atoms with van der Waals surface area (Å²) in [4.78, 5) is 9.28. The summed E-state index contributed by atoms with van der Waals surface area (Å²) < 4.78 is 1.93. The Balaban J connectivity index is 1.71. The minimum atomic E-state index is 0.539. The Bertz CT molecular complexity index is 630. The Morgan fingerprint density at radius 1 is 1.29 bits per heavy atom. The van der Waals surface area contributed by atoms with E-state index in [0.29, 0.717) is 5.92 Å². The van der Waals surface area contributed by atoms with Gasteiger partial charge in [-0.1, -0.05) is 0 Å². The lowest BCUT2D eigenvalue weighted by Crippen LogP contribution is -2.13. The van der Waals surface area contributed by atoms with Crippen LogP contribution < -0.4 is 10.6 Å². The molecule has 0 bridgehead atoms. The third kappa shape index (κ3) is 2.96. The molecule has 0 spiro atoms. The molecule has 1 fully saturated rings. The lowest BCUT2D eigenvalue weighted by molar-refractivity contribution is 0.785. The zero-order valence-corrected chi connectivity index (χ0v) is 12.7. The van der Waals surface area contributed by atoms with Crippen LogP contribution in [0.1, 0.15) is 36.0 Å². The average molecular weight is 287 g/mol. The number of rotatable bonds is 6. The molecule has 2 N–H and O–H groups in total. The maximum atomic E-state index is 4.68. The van der Waals surface area contributed by atoms with Crippen LogP contribution >= 0.6 is 0 Å². The average Bonchev–Trinajstić information content (AvgIpc) is 3.25. The van der Waals surface area contributed by atoms with E-state index < -0.39 is 0 Å². The molecule has 2 heterocycles. The number of aromatic nitrogens is 5. The number of nitrogens with zero attached hydrogens (tertiary/aromatic N) is 5. The second kappa shape index (κ2) is 5.67. The summed E-state index contributed by atoms with van der Waals surface area (Å²) in [6, 6.07) is 0. The highest BCUT2D eigenvalue weighted by atomic mass is 15.2. The van der Waals surface area contributed by atoms with Gasteiger partial charge in [-0.2, -0.15) is 0 Å². The lowest BCUT2D eigenvalue weighted by Gasteiger charge is -2.13. The zero-order valence-electron chi connectivity index (χ0n) is 12.7. The fourth-order valence-electron chi connectivity index (χ4n) is 2.30. The third-order valence-electron chi connectivity index (χ3n) is 3.79. The maximum absolute atomic E-state index is 4.68. The summed E-state index contributed by atoms with van der Waals surface area (Å²) in [6.07, 6.45) is 4.93. The van der Waals surface area contributed by atoms with E-state index in [1.165, 1.54) is 12.8 Å². The van der Waals surface area contributed by atoms with E-state index in [1.807, 2.05) is 25.6 Å². The highest BCUT2D eigenvalue weighted by Crippen LogP contribution is 2.39. The van der Waals surface area contributed by atoms with Crippen LogP contribution in [0.15, 0.2) is 6.33 Å². The van der Waals surface area contributed by atoms with Crippen LogP contribution in [0.5, 0.6) is 0 Å². The van der Waals surface area contributed by atoms with Crippen molar-refractivity contribution in [3.63, 3.8) is 0 Å². The van der Waals surface area contributed by atoms with Crippen LogP contribution in [0.3, 0.4) is 0 Å². The van der Waals surface area contributed by atoms with E-state index >= 15 is 0 Å². The van der Waals surface area contributed by atoms with Gasteiger partial charge in [-0.15, -0.1) is 10.2 Å². The van der Waals surface area contributed by atoms with Gasteiger partial charge in [-0.05, 0) is 19.8 Å². The number of nitrogens with one attached hydrogen (secondary N) is 2. The van der Waals surface area contributed by atoms with Crippen molar-refractivity contribution in [2.24, 2.45) is 7.05 Å². The SMILES string of the molecule is CNc1nc(C2CC2)nc(NCCc2nncn2C)c1C. The predicted octanol–water partition coefficient (Wildman–Crippen LogP) is 1.49. The first-order valence-corrected chi connectivity index (χ1v) is 7.32. The zero-order chi connectivity index (χ0) is 14.8. The second-order valence-electron chi connectivity index (χ2n) is 5.46. The molecule has 7 nitrogen and oxygen atoms in total. The first-order valence-electron chi connectivity index (χ1n) is 7.32. The molecular formula is C14H21N7. The minimum absolute atomic E-state index is 0.539. The van der Waals surface area contributed by atoms with Gasteiger partial charge in [-0.3, -0.25) is 0 Å². The summed E-state index contributed by atoms with van der Waals surface area (Å²) >= 11 is 0. The predicted molar refractivity (Wildman–Crippen MR) is 81.5 cm³/mol. The maximum Gasteiger partial charge on any atom is 0.136 e. The summed E-state index contributed by atoms with van der Waals surface area (Å²) in [5.41, 5.74) is 1.06. The number of hydrogen-bond donors (Lipinski definition) is 2. The van der Waals surface area contributed by atoms with Crippen molar-refractivity contribution in [2.75, 3.05) is 24.2 Å². The van der Waals surface area contributed by atoms with E-state index in [0.717, 1.165) is 41.8 Å². The van der Waals surface area contributed by atoms with Crippen LogP contribution in [0.4, 0.5) is 11.6 Å². The Kier molecular flexibility index (Phi) is 3.72. The quantitative estimate of drug-likeness (QED) is 0.838. The molecule has 0 unspecified atom stereocenters. The summed E-state index contributed by atoms with van der Waals surface area (Å²) in [5.74, 6) is 4.28. The number of anilines is 2. The molecule has 2 aromatic heterocycles. The van der Waals surface area contributed by atoms with Gasteiger partial charge in [0.25, 0.3) is 0 Å². The van der Waals surface area contributed by atoms with E-state index in [-0.39, 0.29) is 0 Å². The Labute approximate surface area is 124 Å². The van der Waals surface area contributed by atoms with Gasteiger partial charge in [0, 0.05) is 38.5 Å². The molecule has 0 aromatic carbocycles. The van der Waals surface area contributed by atoms with Crippen molar-refractivity contribution in [3.05, 3.63) is 23.5 Å². The molecule has 0 atom stereocenters. The molecule has 21 heavy (non-hydrogen) atoms. The standard InChI is InChI=1S/C14H21N7/c1-9-12(15-2)18-14(10-4-5-10)19-13(9)16-7-6-11-20-17-8-21(11)3/h8,10H,4-7H2,1-3H3,(H2,15,16,18,19). The normalized spacial score (nSPS) is 14.2. The van der Waals surface area contributed by atoms with Crippen molar-refractivity contribution in [3.8, 4) is 0 Å². The van der Waals surface area contributed by atoms with Crippen LogP contribution in [0.25, 0.3) is 0 Å². The Morgan fingerprint density at radius 2 is 2.05 bits per heavy atom. The highest BCUT2D eigenvalue weighted by Gasteiger charge is 2.28. The largest absolute Gasteiger partial charge is 0.373 e. The summed E-state index contributed by atoms with van der Waals surface area (Å²) in [6.45, 7) is 2.81. The molecule has 3 rings (SSSR count). The molecule has 1 saturated carbocycles. The fraction of sp³-hybridized carbons (Fsp3) is 0.571. The first kappa shape index (κ1) is 13.8. The molecule has 2 aromatic rings. The molecular weight excluding hydrogens is 266 g/mol. The molecule has 0 saturated heterocycles. The van der Waals surface area contributed by atoms with E-state index in [2.05, 4.69) is 30.8 Å². The molecule has 1 aliphatic rings. The van der Waals surface area contributed by atoms with Crippen molar-refractivity contribution >= 4 is 11.6 Å². The van der Waals surface area contributed by atoms with Gasteiger partial charge < -0.3 is 15.2 Å². The number of aryl methyl sites for hydroxylation is 1. The van der Waals surface area contributed by atoms with Gasteiger partial charge in [0.15, 0.2) is 0 Å². The molecule has 0 radical (unpaired) electrons. The van der Waals surface area contributed by atoms with Gasteiger partial charge in [0.1, 0.15) is 29.6 Å². The number of hydrogen-bond acceptors (Lipinski definition) is 6. The lowest BCUT2D eigenvalue weighted by atomic mass is 10.2. The van der Waals surface area contributed by atoms with E-state index in [9.17, 15) is 0 Å². The molecule has 1 aliphatic carbocycles. The monoisotopic (exact) mass is 287 g/mol. The smallest absolute Gasteiger partial charge is 0.136 e. The molecule has 112 valence electrons. The summed E-state index contributed by atoms with van der Waals surface area (Å²) in [5, 5.41) is 14.5. The second-order valence-corrected chi connectivity index (χ2v) is 5.46. The van der Waals surface area contributed by atoms with Crippen molar-refractivity contribution < 1.29 is 0 Å². The third-order valence-corrected chi connectivity index (χ3v) is 3.79. The Morgan fingerprint density at radius 3 is 2.67 bits per heavy atom. The van der Waals surface area contributed by atoms with Crippen molar-refractivity contribution in [1.82, 2.24) is 24.7 Å². The molecule has 7 heteroatoms. The van der Waals surface area contributed by atoms with Crippen LogP contribution in [0, 0.1) is 6.92 Å². The first-order chi connectivity index (χ1) is 10.2. The van der Waals surface area contributed by atoms with Crippen LogP contribution in [-0.2, 0) is 13.5 Å². The molecule has 0 amide bonds. The van der Waals surface area contributed by atoms with Gasteiger partial charge in [-0.25, -0.2) is 9.97 Å². The van der Waals surface area contributed by atoms with Crippen molar-refractivity contribution in [1.29, 1.82) is 0 Å². The van der Waals surface area contributed by atoms with Gasteiger partial charge in [0.2, 0.25) is 0 Å². The van der Waals surface area contributed by atoms with E-state index in [1.54, 1.807) is 6.33 Å². The van der Waals surface area contributed by atoms with Crippen molar-refractivity contribution in [2.45, 2.75) is 32.1 Å². The summed E-state index contributed by atoms with van der Waals surface area (Å²) in [7, 11) is 3.85.